The molecule has 0 radical (unpaired) electrons. The Balaban J connectivity index is 2.12. The highest BCUT2D eigenvalue weighted by atomic mass is 31.2. The third-order valence-corrected chi connectivity index (χ3v) is 3.73. The quantitative estimate of drug-likeness (QED) is 0.835. The van der Waals surface area contributed by atoms with Crippen LogP contribution in [0.25, 0.3) is 0 Å². The molecule has 0 bridgehead atoms. The third kappa shape index (κ3) is 3.73. The Kier molecular flexibility index (Phi) is 4.33. The number of aryl methyl sites for hydroxylation is 2. The molecule has 1 aromatic carbocycles. The van der Waals surface area contributed by atoms with Crippen LogP contribution in [-0.4, -0.2) is 16.1 Å². The molecule has 6 heteroatoms. The summed E-state index contributed by atoms with van der Waals surface area (Å²) in [6, 6.07) is 5.42. The summed E-state index contributed by atoms with van der Waals surface area (Å²) in [6.45, 7) is 3.58. The fourth-order valence-electron chi connectivity index (χ4n) is 1.87. The molecule has 0 aliphatic heterocycles. The summed E-state index contributed by atoms with van der Waals surface area (Å²) in [5.41, 5.74) is 1.51. The molecule has 0 fully saturated rings. The van der Waals surface area contributed by atoms with Crippen molar-refractivity contribution in [1.82, 2.24) is 0 Å². The second kappa shape index (κ2) is 5.83. The van der Waals surface area contributed by atoms with Gasteiger partial charge < -0.3 is 14.2 Å². The Labute approximate surface area is 117 Å². The van der Waals surface area contributed by atoms with Crippen molar-refractivity contribution in [3.63, 3.8) is 0 Å². The van der Waals surface area contributed by atoms with Gasteiger partial charge in [-0.1, -0.05) is 24.3 Å². The molecule has 2 atom stereocenters. The standard InChI is InChI=1S/C14H17O5P/c1-10-4-3-5-11(2)14(10)19-20(16,17)18-13-8-6-12(15)7-9-13/h3-6,8-9,12,15H,7H2,1-2H3,(H,16,17). The van der Waals surface area contributed by atoms with Crippen LogP contribution >= 0.6 is 7.82 Å². The van der Waals surface area contributed by atoms with Gasteiger partial charge in [-0.2, -0.15) is 0 Å². The van der Waals surface area contributed by atoms with Crippen molar-refractivity contribution in [1.29, 1.82) is 0 Å². The van der Waals surface area contributed by atoms with Gasteiger partial charge in [0.15, 0.2) is 0 Å². The molecule has 2 rings (SSSR count). The second-order valence-electron chi connectivity index (χ2n) is 4.64. The molecular weight excluding hydrogens is 279 g/mol. The summed E-state index contributed by atoms with van der Waals surface area (Å²) in [6.07, 6.45) is 4.25. The monoisotopic (exact) mass is 296 g/mol. The smallest absolute Gasteiger partial charge is 0.396 e. The molecule has 20 heavy (non-hydrogen) atoms. The summed E-state index contributed by atoms with van der Waals surface area (Å²) in [5.74, 6) is 0.561. The first-order valence-electron chi connectivity index (χ1n) is 6.22. The van der Waals surface area contributed by atoms with Crippen LogP contribution in [0.15, 0.2) is 42.2 Å². The highest BCUT2D eigenvalue weighted by Crippen LogP contribution is 2.48. The lowest BCUT2D eigenvalue weighted by Crippen LogP contribution is -2.06. The summed E-state index contributed by atoms with van der Waals surface area (Å²) in [4.78, 5) is 9.81. The maximum atomic E-state index is 12.0. The van der Waals surface area contributed by atoms with Crippen LogP contribution in [0.5, 0.6) is 5.75 Å². The average Bonchev–Trinajstić information content (AvgIpc) is 2.37. The Hall–Kier alpha value is -1.55. The van der Waals surface area contributed by atoms with Gasteiger partial charge in [0.2, 0.25) is 0 Å². The topological polar surface area (TPSA) is 76.0 Å². The largest absolute Gasteiger partial charge is 0.584 e. The van der Waals surface area contributed by atoms with Crippen LogP contribution < -0.4 is 4.52 Å². The van der Waals surface area contributed by atoms with E-state index in [2.05, 4.69) is 0 Å². The zero-order valence-electron chi connectivity index (χ0n) is 11.3. The minimum Gasteiger partial charge on any atom is -0.396 e. The summed E-state index contributed by atoms with van der Waals surface area (Å²) in [5, 5.41) is 9.28. The van der Waals surface area contributed by atoms with Gasteiger partial charge in [-0.3, -0.25) is 4.89 Å². The van der Waals surface area contributed by atoms with Crippen LogP contribution in [0.4, 0.5) is 0 Å². The maximum absolute atomic E-state index is 12.0. The SMILES string of the molecule is Cc1cccc(C)c1OP(=O)(O)OC1=CCC(O)C=C1. The number of phosphoric acid groups is 1. The number of aliphatic hydroxyl groups excluding tert-OH is 1. The first kappa shape index (κ1) is 14.9. The number of allylic oxidation sites excluding steroid dienone is 1. The first-order valence-corrected chi connectivity index (χ1v) is 7.71. The van der Waals surface area contributed by atoms with E-state index in [9.17, 15) is 14.6 Å². The van der Waals surface area contributed by atoms with Gasteiger partial charge in [-0.15, -0.1) is 0 Å². The zero-order chi connectivity index (χ0) is 14.8. The van der Waals surface area contributed by atoms with Gasteiger partial charge in [-0.25, -0.2) is 4.57 Å². The number of phosphoric ester groups is 1. The molecule has 1 aliphatic rings. The number of benzene rings is 1. The molecule has 1 aliphatic carbocycles. The molecule has 5 nitrogen and oxygen atoms in total. The van der Waals surface area contributed by atoms with Crippen LogP contribution in [0.2, 0.25) is 0 Å². The lowest BCUT2D eigenvalue weighted by molar-refractivity contribution is 0.216. The predicted octanol–water partition coefficient (Wildman–Crippen LogP) is 3.00. The molecule has 0 saturated carbocycles. The highest BCUT2D eigenvalue weighted by Gasteiger charge is 2.27. The van der Waals surface area contributed by atoms with Crippen LogP contribution in [0.1, 0.15) is 17.5 Å². The van der Waals surface area contributed by atoms with E-state index in [1.807, 2.05) is 6.07 Å². The molecule has 2 N–H and O–H groups in total. The summed E-state index contributed by atoms with van der Waals surface area (Å²) < 4.78 is 22.1. The van der Waals surface area contributed by atoms with Crippen LogP contribution in [0.3, 0.4) is 0 Å². The minimum atomic E-state index is -4.26. The highest BCUT2D eigenvalue weighted by molar-refractivity contribution is 7.48. The molecule has 0 amide bonds. The molecule has 108 valence electrons. The van der Waals surface area contributed by atoms with E-state index in [-0.39, 0.29) is 5.76 Å². The maximum Gasteiger partial charge on any atom is 0.584 e. The molecule has 0 saturated heterocycles. The lowest BCUT2D eigenvalue weighted by Gasteiger charge is -2.18. The zero-order valence-corrected chi connectivity index (χ0v) is 12.2. The first-order chi connectivity index (χ1) is 9.37. The number of aliphatic hydroxyl groups is 1. The predicted molar refractivity (Wildman–Crippen MR) is 75.3 cm³/mol. The fraction of sp³-hybridized carbons (Fsp3) is 0.286. The Morgan fingerprint density at radius 2 is 1.90 bits per heavy atom. The molecule has 0 spiro atoms. The molecule has 2 unspecified atom stereocenters. The van der Waals surface area contributed by atoms with E-state index in [4.69, 9.17) is 9.05 Å². The number of hydrogen-bond acceptors (Lipinski definition) is 4. The Morgan fingerprint density at radius 3 is 2.45 bits per heavy atom. The molecular formula is C14H17O5P. The van der Waals surface area contributed by atoms with Crippen molar-refractivity contribution in [3.05, 3.63) is 53.3 Å². The van der Waals surface area contributed by atoms with Gasteiger partial charge in [0.1, 0.15) is 11.5 Å². The Morgan fingerprint density at radius 1 is 1.25 bits per heavy atom. The number of para-hydroxylation sites is 1. The number of hydrogen-bond donors (Lipinski definition) is 2. The van der Waals surface area contributed by atoms with Crippen molar-refractivity contribution < 1.29 is 23.6 Å². The molecule has 0 heterocycles. The van der Waals surface area contributed by atoms with Crippen molar-refractivity contribution in [2.75, 3.05) is 0 Å². The van der Waals surface area contributed by atoms with Crippen molar-refractivity contribution in [2.24, 2.45) is 0 Å². The summed E-state index contributed by atoms with van der Waals surface area (Å²) in [7, 11) is -4.26. The second-order valence-corrected chi connectivity index (χ2v) is 5.94. The van der Waals surface area contributed by atoms with E-state index >= 15 is 0 Å². The van der Waals surface area contributed by atoms with E-state index in [0.29, 0.717) is 12.2 Å². The van der Waals surface area contributed by atoms with Gasteiger partial charge in [0.05, 0.1) is 6.10 Å². The minimum absolute atomic E-state index is 0.215. The van der Waals surface area contributed by atoms with Gasteiger partial charge in [-0.05, 0) is 43.5 Å². The van der Waals surface area contributed by atoms with Crippen LogP contribution in [0, 0.1) is 13.8 Å². The molecule has 0 aromatic heterocycles. The van der Waals surface area contributed by atoms with Crippen molar-refractivity contribution >= 4 is 7.82 Å². The van der Waals surface area contributed by atoms with Gasteiger partial charge >= 0.3 is 7.82 Å². The van der Waals surface area contributed by atoms with Gasteiger partial charge in [0, 0.05) is 0 Å². The van der Waals surface area contributed by atoms with E-state index in [1.54, 1.807) is 32.1 Å². The molecule has 1 aromatic rings. The van der Waals surface area contributed by atoms with Gasteiger partial charge in [0.25, 0.3) is 0 Å². The van der Waals surface area contributed by atoms with Crippen molar-refractivity contribution in [2.45, 2.75) is 26.4 Å². The van der Waals surface area contributed by atoms with E-state index in [0.717, 1.165) is 11.1 Å². The van der Waals surface area contributed by atoms with Crippen molar-refractivity contribution in [3.8, 4) is 5.75 Å². The Bertz CT molecular complexity index is 585. The van der Waals surface area contributed by atoms with E-state index in [1.165, 1.54) is 12.2 Å². The fourth-order valence-corrected chi connectivity index (χ4v) is 2.83. The average molecular weight is 296 g/mol. The van der Waals surface area contributed by atoms with E-state index < -0.39 is 13.9 Å². The summed E-state index contributed by atoms with van der Waals surface area (Å²) >= 11 is 0. The lowest BCUT2D eigenvalue weighted by atomic mass is 10.1. The normalized spacial score (nSPS) is 21.0. The third-order valence-electron chi connectivity index (χ3n) is 2.88. The van der Waals surface area contributed by atoms with Crippen LogP contribution in [-0.2, 0) is 9.09 Å². The number of rotatable bonds is 4.